The molecule has 2 bridgehead atoms. The van der Waals surface area contributed by atoms with Gasteiger partial charge in [-0.15, -0.1) is 0 Å². The number of hydrogen-bond acceptors (Lipinski definition) is 1. The molecule has 0 aromatic heterocycles. The lowest BCUT2D eigenvalue weighted by molar-refractivity contribution is -0.118. The van der Waals surface area contributed by atoms with Crippen molar-refractivity contribution in [1.82, 2.24) is 0 Å². The van der Waals surface area contributed by atoms with Gasteiger partial charge in [0.15, 0.2) is 0 Å². The fourth-order valence-electron chi connectivity index (χ4n) is 2.77. The fraction of sp³-hybridized carbons (Fsp3) is 1.00. The second kappa shape index (κ2) is 3.27. The SMILES string of the molecule is CC(C)(C)C1CC2CCCC(C1)O2. The third-order valence-corrected chi connectivity index (χ3v) is 3.76. The van der Waals surface area contributed by atoms with Crippen molar-refractivity contribution in [2.75, 3.05) is 0 Å². The van der Waals surface area contributed by atoms with E-state index in [9.17, 15) is 0 Å². The Labute approximate surface area is 81.9 Å². The average molecular weight is 182 g/mol. The number of hydrogen-bond donors (Lipinski definition) is 0. The van der Waals surface area contributed by atoms with Gasteiger partial charge in [0.25, 0.3) is 0 Å². The van der Waals surface area contributed by atoms with E-state index in [2.05, 4.69) is 20.8 Å². The Bertz CT molecular complexity index is 168. The Morgan fingerprint density at radius 1 is 1.00 bits per heavy atom. The van der Waals surface area contributed by atoms with Crippen LogP contribution in [0.15, 0.2) is 0 Å². The summed E-state index contributed by atoms with van der Waals surface area (Å²) in [5.74, 6) is 0.886. The number of fused-ring (bicyclic) bond motifs is 2. The lowest BCUT2D eigenvalue weighted by Crippen LogP contribution is -2.40. The molecule has 76 valence electrons. The van der Waals surface area contributed by atoms with Crippen LogP contribution in [0, 0.1) is 11.3 Å². The maximum atomic E-state index is 5.95. The first-order valence-corrected chi connectivity index (χ1v) is 5.71. The van der Waals surface area contributed by atoms with E-state index >= 15 is 0 Å². The molecule has 2 saturated heterocycles. The van der Waals surface area contributed by atoms with Gasteiger partial charge in [-0.1, -0.05) is 20.8 Å². The molecule has 13 heavy (non-hydrogen) atoms. The van der Waals surface area contributed by atoms with Gasteiger partial charge in [0, 0.05) is 0 Å². The summed E-state index contributed by atoms with van der Waals surface area (Å²) < 4.78 is 5.95. The minimum Gasteiger partial charge on any atom is -0.375 e. The average Bonchev–Trinajstić information content (AvgIpc) is 2.01. The molecule has 1 nitrogen and oxygen atoms in total. The molecule has 0 aromatic rings. The predicted octanol–water partition coefficient (Wildman–Crippen LogP) is 3.38. The highest BCUT2D eigenvalue weighted by Crippen LogP contribution is 2.42. The maximum Gasteiger partial charge on any atom is 0.0581 e. The minimum absolute atomic E-state index is 0.484. The van der Waals surface area contributed by atoms with E-state index in [1.807, 2.05) is 0 Å². The summed E-state index contributed by atoms with van der Waals surface area (Å²) in [6.07, 6.45) is 7.81. The Balaban J connectivity index is 2.01. The molecule has 0 saturated carbocycles. The van der Waals surface area contributed by atoms with Crippen LogP contribution in [0.5, 0.6) is 0 Å². The van der Waals surface area contributed by atoms with Crippen LogP contribution in [0.1, 0.15) is 52.9 Å². The zero-order chi connectivity index (χ0) is 9.47. The summed E-state index contributed by atoms with van der Waals surface area (Å²) in [5.41, 5.74) is 0.484. The minimum atomic E-state index is 0.484. The van der Waals surface area contributed by atoms with Crippen LogP contribution < -0.4 is 0 Å². The van der Waals surface area contributed by atoms with Gasteiger partial charge >= 0.3 is 0 Å². The van der Waals surface area contributed by atoms with Gasteiger partial charge in [-0.3, -0.25) is 0 Å². The molecule has 0 aromatic carbocycles. The molecule has 0 radical (unpaired) electrons. The molecular formula is C12H22O. The van der Waals surface area contributed by atoms with Crippen LogP contribution in [0.2, 0.25) is 0 Å². The normalized spacial score (nSPS) is 40.4. The summed E-state index contributed by atoms with van der Waals surface area (Å²) in [7, 11) is 0. The molecule has 2 heterocycles. The molecule has 1 heteroatoms. The Hall–Kier alpha value is -0.0400. The van der Waals surface area contributed by atoms with E-state index in [1.165, 1.54) is 32.1 Å². The van der Waals surface area contributed by atoms with Crippen molar-refractivity contribution in [2.24, 2.45) is 11.3 Å². The van der Waals surface area contributed by atoms with E-state index in [-0.39, 0.29) is 0 Å². The largest absolute Gasteiger partial charge is 0.375 e. The summed E-state index contributed by atoms with van der Waals surface area (Å²) in [4.78, 5) is 0. The summed E-state index contributed by atoms with van der Waals surface area (Å²) in [5, 5.41) is 0. The van der Waals surface area contributed by atoms with Gasteiger partial charge in [0.1, 0.15) is 0 Å². The molecule has 2 atom stereocenters. The molecule has 2 fully saturated rings. The lowest BCUT2D eigenvalue weighted by Gasteiger charge is -2.44. The van der Waals surface area contributed by atoms with E-state index < -0.39 is 0 Å². The maximum absolute atomic E-state index is 5.95. The van der Waals surface area contributed by atoms with Crippen molar-refractivity contribution in [3.63, 3.8) is 0 Å². The molecule has 2 aliphatic heterocycles. The van der Waals surface area contributed by atoms with Crippen LogP contribution in [0.4, 0.5) is 0 Å². The van der Waals surface area contributed by atoms with Crippen molar-refractivity contribution in [1.29, 1.82) is 0 Å². The van der Waals surface area contributed by atoms with Crippen molar-refractivity contribution in [3.8, 4) is 0 Å². The van der Waals surface area contributed by atoms with Gasteiger partial charge < -0.3 is 4.74 Å². The van der Waals surface area contributed by atoms with Crippen LogP contribution in [0.3, 0.4) is 0 Å². The molecule has 2 unspecified atom stereocenters. The predicted molar refractivity (Wildman–Crippen MR) is 54.7 cm³/mol. The number of ether oxygens (including phenoxy) is 1. The zero-order valence-electron chi connectivity index (χ0n) is 9.18. The highest BCUT2D eigenvalue weighted by molar-refractivity contribution is 4.87. The first-order valence-electron chi connectivity index (χ1n) is 5.71. The van der Waals surface area contributed by atoms with Gasteiger partial charge in [0.2, 0.25) is 0 Å². The van der Waals surface area contributed by atoms with Crippen LogP contribution in [-0.2, 0) is 4.74 Å². The summed E-state index contributed by atoms with van der Waals surface area (Å²) in [6.45, 7) is 7.12. The summed E-state index contributed by atoms with van der Waals surface area (Å²) in [6, 6.07) is 0. The Morgan fingerprint density at radius 3 is 2.00 bits per heavy atom. The first-order chi connectivity index (χ1) is 6.05. The van der Waals surface area contributed by atoms with E-state index in [0.717, 1.165) is 5.92 Å². The highest BCUT2D eigenvalue weighted by atomic mass is 16.5. The van der Waals surface area contributed by atoms with E-state index in [1.54, 1.807) is 0 Å². The van der Waals surface area contributed by atoms with Gasteiger partial charge in [-0.25, -0.2) is 0 Å². The lowest BCUT2D eigenvalue weighted by atomic mass is 9.71. The first kappa shape index (κ1) is 9.51. The quantitative estimate of drug-likeness (QED) is 0.558. The topological polar surface area (TPSA) is 9.23 Å². The van der Waals surface area contributed by atoms with Crippen molar-refractivity contribution >= 4 is 0 Å². The van der Waals surface area contributed by atoms with Crippen LogP contribution in [-0.4, -0.2) is 12.2 Å². The Kier molecular flexibility index (Phi) is 2.39. The fourth-order valence-corrected chi connectivity index (χ4v) is 2.77. The van der Waals surface area contributed by atoms with Crippen molar-refractivity contribution < 1.29 is 4.74 Å². The van der Waals surface area contributed by atoms with Gasteiger partial charge in [0.05, 0.1) is 12.2 Å². The third kappa shape index (κ3) is 2.07. The monoisotopic (exact) mass is 182 g/mol. The Morgan fingerprint density at radius 2 is 1.54 bits per heavy atom. The van der Waals surface area contributed by atoms with Gasteiger partial charge in [-0.05, 0) is 43.4 Å². The van der Waals surface area contributed by atoms with Gasteiger partial charge in [-0.2, -0.15) is 0 Å². The third-order valence-electron chi connectivity index (χ3n) is 3.76. The molecule has 0 amide bonds. The molecule has 0 spiro atoms. The standard InChI is InChI=1S/C12H22O/c1-12(2,3)9-7-10-5-4-6-11(8-9)13-10/h9-11H,4-8H2,1-3H3. The zero-order valence-corrected chi connectivity index (χ0v) is 9.18. The second-order valence-corrected chi connectivity index (χ2v) is 5.85. The highest BCUT2D eigenvalue weighted by Gasteiger charge is 2.37. The number of rotatable bonds is 0. The molecule has 0 N–H and O–H groups in total. The van der Waals surface area contributed by atoms with Crippen LogP contribution >= 0.6 is 0 Å². The van der Waals surface area contributed by atoms with Crippen molar-refractivity contribution in [2.45, 2.75) is 65.1 Å². The van der Waals surface area contributed by atoms with E-state index in [0.29, 0.717) is 17.6 Å². The van der Waals surface area contributed by atoms with E-state index in [4.69, 9.17) is 4.74 Å². The second-order valence-electron chi connectivity index (χ2n) is 5.85. The summed E-state index contributed by atoms with van der Waals surface area (Å²) >= 11 is 0. The molecule has 0 aliphatic carbocycles. The molecular weight excluding hydrogens is 160 g/mol. The molecule has 2 aliphatic rings. The molecule has 2 rings (SSSR count). The van der Waals surface area contributed by atoms with Crippen molar-refractivity contribution in [3.05, 3.63) is 0 Å². The smallest absolute Gasteiger partial charge is 0.0581 e. The van der Waals surface area contributed by atoms with Crippen LogP contribution in [0.25, 0.3) is 0 Å².